The molecule has 0 aliphatic rings. The van der Waals surface area contributed by atoms with Crippen LogP contribution in [0.25, 0.3) is 0 Å². The average Bonchev–Trinajstić information content (AvgIpc) is 3.18. The minimum Gasteiger partial charge on any atom is -0.370 e. The Kier molecular flexibility index (Phi) is 7.59. The standard InChI is InChI=1S/C21H22FN5O2S2/c1-13-4-3-5-17(14(13)2)24-20-25-26-21(31-20)30-12-19(29)27(11-10-18(23)28)16-8-6-15(22)7-9-16/h3-9H,10-12H2,1-2H3,(H2,23,28)(H,24,25). The molecular formula is C21H22FN5O2S2. The number of benzene rings is 2. The molecule has 3 aromatic rings. The van der Waals surface area contributed by atoms with E-state index in [1.54, 1.807) is 0 Å². The summed E-state index contributed by atoms with van der Waals surface area (Å²) in [5, 5.41) is 12.2. The van der Waals surface area contributed by atoms with Gasteiger partial charge in [-0.15, -0.1) is 10.2 Å². The zero-order chi connectivity index (χ0) is 22.4. The predicted molar refractivity (Wildman–Crippen MR) is 122 cm³/mol. The maximum absolute atomic E-state index is 13.2. The van der Waals surface area contributed by atoms with Crippen molar-refractivity contribution in [2.24, 2.45) is 5.73 Å². The molecule has 3 rings (SSSR count). The SMILES string of the molecule is Cc1cccc(Nc2nnc(SCC(=O)N(CCC(N)=O)c3ccc(F)cc3)s2)c1C. The zero-order valence-corrected chi connectivity index (χ0v) is 18.7. The third-order valence-corrected chi connectivity index (χ3v) is 6.55. The lowest BCUT2D eigenvalue weighted by molar-refractivity contribution is -0.118. The van der Waals surface area contributed by atoms with Crippen molar-refractivity contribution in [3.8, 4) is 0 Å². The van der Waals surface area contributed by atoms with Gasteiger partial charge in [0.1, 0.15) is 5.82 Å². The number of thioether (sulfide) groups is 1. The van der Waals surface area contributed by atoms with Gasteiger partial charge in [-0.25, -0.2) is 4.39 Å². The lowest BCUT2D eigenvalue weighted by Crippen LogP contribution is -2.35. The highest BCUT2D eigenvalue weighted by atomic mass is 32.2. The van der Waals surface area contributed by atoms with Gasteiger partial charge in [-0.1, -0.05) is 35.2 Å². The number of nitrogens with two attached hydrogens (primary N) is 1. The Balaban J connectivity index is 1.64. The predicted octanol–water partition coefficient (Wildman–Crippen LogP) is 4.04. The van der Waals surface area contributed by atoms with Crippen molar-refractivity contribution in [2.75, 3.05) is 22.5 Å². The highest BCUT2D eigenvalue weighted by molar-refractivity contribution is 8.01. The van der Waals surface area contributed by atoms with E-state index in [1.165, 1.54) is 57.8 Å². The summed E-state index contributed by atoms with van der Waals surface area (Å²) < 4.78 is 13.9. The summed E-state index contributed by atoms with van der Waals surface area (Å²) in [6.45, 7) is 4.19. The molecule has 1 aromatic heterocycles. The number of carbonyl (C=O) groups excluding carboxylic acids is 2. The molecule has 10 heteroatoms. The molecule has 0 saturated heterocycles. The van der Waals surface area contributed by atoms with Gasteiger partial charge in [0.2, 0.25) is 16.9 Å². The summed E-state index contributed by atoms with van der Waals surface area (Å²) >= 11 is 2.60. The van der Waals surface area contributed by atoms with Crippen LogP contribution in [0.4, 0.5) is 20.9 Å². The fourth-order valence-electron chi connectivity index (χ4n) is 2.76. The number of amides is 2. The van der Waals surface area contributed by atoms with Crippen LogP contribution in [0.15, 0.2) is 46.8 Å². The van der Waals surface area contributed by atoms with Crippen LogP contribution in [-0.4, -0.2) is 34.3 Å². The van der Waals surface area contributed by atoms with E-state index in [4.69, 9.17) is 5.73 Å². The second-order valence-electron chi connectivity index (χ2n) is 6.77. The first kappa shape index (κ1) is 22.7. The smallest absolute Gasteiger partial charge is 0.237 e. The van der Waals surface area contributed by atoms with Gasteiger partial charge in [-0.2, -0.15) is 0 Å². The van der Waals surface area contributed by atoms with Crippen molar-refractivity contribution >= 4 is 51.4 Å². The van der Waals surface area contributed by atoms with Gasteiger partial charge in [0.15, 0.2) is 4.34 Å². The van der Waals surface area contributed by atoms with Gasteiger partial charge < -0.3 is 16.0 Å². The minimum absolute atomic E-state index is 0.0104. The van der Waals surface area contributed by atoms with Crippen molar-refractivity contribution in [2.45, 2.75) is 24.6 Å². The third-order valence-electron chi connectivity index (χ3n) is 4.59. The first-order chi connectivity index (χ1) is 14.8. The maximum Gasteiger partial charge on any atom is 0.237 e. The molecule has 1 heterocycles. The summed E-state index contributed by atoms with van der Waals surface area (Å²) in [5.41, 5.74) is 8.99. The summed E-state index contributed by atoms with van der Waals surface area (Å²) in [5.74, 6) is -1.07. The van der Waals surface area contributed by atoms with Crippen molar-refractivity contribution in [3.63, 3.8) is 0 Å². The lowest BCUT2D eigenvalue weighted by Gasteiger charge is -2.22. The van der Waals surface area contributed by atoms with E-state index >= 15 is 0 Å². The van der Waals surface area contributed by atoms with Crippen LogP contribution in [0.1, 0.15) is 17.5 Å². The Morgan fingerprint density at radius 1 is 1.16 bits per heavy atom. The molecular weight excluding hydrogens is 437 g/mol. The van der Waals surface area contributed by atoms with Gasteiger partial charge in [0.05, 0.1) is 5.75 Å². The highest BCUT2D eigenvalue weighted by Crippen LogP contribution is 2.30. The minimum atomic E-state index is -0.515. The Hall–Kier alpha value is -2.98. The first-order valence-corrected chi connectivity index (χ1v) is 11.3. The van der Waals surface area contributed by atoms with E-state index in [0.29, 0.717) is 15.2 Å². The molecule has 0 saturated carbocycles. The van der Waals surface area contributed by atoms with E-state index in [9.17, 15) is 14.0 Å². The number of aryl methyl sites for hydroxylation is 1. The molecule has 0 aliphatic heterocycles. The monoisotopic (exact) mass is 459 g/mol. The Bertz CT molecular complexity index is 1070. The van der Waals surface area contributed by atoms with Crippen molar-refractivity contribution in [1.82, 2.24) is 10.2 Å². The molecule has 3 N–H and O–H groups in total. The topological polar surface area (TPSA) is 101 Å². The molecule has 31 heavy (non-hydrogen) atoms. The number of carbonyl (C=O) groups is 2. The van der Waals surface area contributed by atoms with Crippen LogP contribution >= 0.6 is 23.1 Å². The van der Waals surface area contributed by atoms with Gasteiger partial charge in [-0.3, -0.25) is 9.59 Å². The highest BCUT2D eigenvalue weighted by Gasteiger charge is 2.18. The number of nitrogens with one attached hydrogen (secondary N) is 1. The molecule has 162 valence electrons. The molecule has 0 unspecified atom stereocenters. The van der Waals surface area contributed by atoms with E-state index in [1.807, 2.05) is 32.0 Å². The number of rotatable bonds is 9. The third kappa shape index (κ3) is 6.25. The Labute approximate surface area is 187 Å². The Morgan fingerprint density at radius 3 is 2.61 bits per heavy atom. The van der Waals surface area contributed by atoms with Gasteiger partial charge in [0.25, 0.3) is 0 Å². The van der Waals surface area contributed by atoms with Crippen LogP contribution in [0.5, 0.6) is 0 Å². The maximum atomic E-state index is 13.2. The fourth-order valence-corrected chi connectivity index (χ4v) is 4.40. The van der Waals surface area contributed by atoms with Crippen molar-refractivity contribution < 1.29 is 14.0 Å². The molecule has 7 nitrogen and oxygen atoms in total. The number of anilines is 3. The number of aromatic nitrogens is 2. The number of hydrogen-bond acceptors (Lipinski definition) is 7. The fraction of sp³-hybridized carbons (Fsp3) is 0.238. The van der Waals surface area contributed by atoms with Crippen LogP contribution in [0.3, 0.4) is 0 Å². The van der Waals surface area contributed by atoms with Crippen LogP contribution in [0.2, 0.25) is 0 Å². The molecule has 0 atom stereocenters. The summed E-state index contributed by atoms with van der Waals surface area (Å²) in [4.78, 5) is 25.4. The molecule has 2 aromatic carbocycles. The average molecular weight is 460 g/mol. The first-order valence-electron chi connectivity index (χ1n) is 9.47. The van der Waals surface area contributed by atoms with Gasteiger partial charge in [-0.05, 0) is 55.3 Å². The van der Waals surface area contributed by atoms with Gasteiger partial charge >= 0.3 is 0 Å². The van der Waals surface area contributed by atoms with E-state index in [-0.39, 0.29) is 24.6 Å². The summed E-state index contributed by atoms with van der Waals surface area (Å²) in [7, 11) is 0. The normalized spacial score (nSPS) is 10.7. The number of primary amides is 1. The second kappa shape index (κ2) is 10.4. The largest absolute Gasteiger partial charge is 0.370 e. The van der Waals surface area contributed by atoms with Crippen molar-refractivity contribution in [3.05, 3.63) is 59.4 Å². The molecule has 0 fully saturated rings. The van der Waals surface area contributed by atoms with Crippen molar-refractivity contribution in [1.29, 1.82) is 0 Å². The summed E-state index contributed by atoms with van der Waals surface area (Å²) in [6, 6.07) is 11.5. The molecule has 0 aliphatic carbocycles. The number of halogens is 1. The van der Waals surface area contributed by atoms with Crippen LogP contribution in [0, 0.1) is 19.7 Å². The van der Waals surface area contributed by atoms with Gasteiger partial charge in [0, 0.05) is 24.3 Å². The van der Waals surface area contributed by atoms with E-state index < -0.39 is 11.7 Å². The lowest BCUT2D eigenvalue weighted by atomic mass is 10.1. The quantitative estimate of drug-likeness (QED) is 0.469. The molecule has 2 amide bonds. The zero-order valence-electron chi connectivity index (χ0n) is 17.1. The molecule has 0 radical (unpaired) electrons. The molecule has 0 spiro atoms. The van der Waals surface area contributed by atoms with Crippen LogP contribution < -0.4 is 16.0 Å². The second-order valence-corrected chi connectivity index (χ2v) is 8.97. The Morgan fingerprint density at radius 2 is 1.90 bits per heavy atom. The number of nitrogens with zero attached hydrogens (tertiary/aromatic N) is 3. The van der Waals surface area contributed by atoms with Crippen LogP contribution in [-0.2, 0) is 9.59 Å². The number of hydrogen-bond donors (Lipinski definition) is 2. The molecule has 0 bridgehead atoms. The van der Waals surface area contributed by atoms with E-state index in [2.05, 4.69) is 15.5 Å². The van der Waals surface area contributed by atoms with E-state index in [0.717, 1.165) is 11.3 Å². The summed E-state index contributed by atoms with van der Waals surface area (Å²) in [6.07, 6.45) is 0.0104.